The molecule has 1 atom stereocenters. The molecular weight excluding hydrogens is 252 g/mol. The number of piperidine rings is 2. The number of nitrogens with one attached hydrogen (secondary N) is 1. The largest absolute Gasteiger partial charge is 0.351 e. The molecule has 0 aromatic heterocycles. The molecule has 5 heteroatoms. The number of hydrogen-bond acceptors (Lipinski definition) is 3. The second-order valence-electron chi connectivity index (χ2n) is 6.29. The van der Waals surface area contributed by atoms with Gasteiger partial charge in [0.05, 0.1) is 0 Å². The highest BCUT2D eigenvalue weighted by Crippen LogP contribution is 2.16. The number of likely N-dealkylation sites (tertiary alicyclic amines) is 2. The smallest absolute Gasteiger partial charge is 0.314 e. The standard InChI is InChI=1S/C15H30N4O/c1-13-5-2-3-9-18(13)10-4-8-17-14-6-11-19(12-7-14)15(16)20/h13-14,17H,2-12H2,1H3,(H2,16,20). The highest BCUT2D eigenvalue weighted by molar-refractivity contribution is 5.72. The fourth-order valence-electron chi connectivity index (χ4n) is 3.38. The minimum atomic E-state index is -0.275. The lowest BCUT2D eigenvalue weighted by Gasteiger charge is -2.34. The molecule has 0 bridgehead atoms. The summed E-state index contributed by atoms with van der Waals surface area (Å²) >= 11 is 0. The number of hydrogen-bond donors (Lipinski definition) is 2. The zero-order valence-corrected chi connectivity index (χ0v) is 12.8. The lowest BCUT2D eigenvalue weighted by molar-refractivity contribution is 0.156. The van der Waals surface area contributed by atoms with Gasteiger partial charge in [0.2, 0.25) is 0 Å². The number of primary amides is 1. The van der Waals surface area contributed by atoms with E-state index in [1.54, 1.807) is 4.90 Å². The summed E-state index contributed by atoms with van der Waals surface area (Å²) in [6.07, 6.45) is 7.41. The number of rotatable bonds is 5. The zero-order chi connectivity index (χ0) is 14.4. The molecule has 2 rings (SSSR count). The Labute approximate surface area is 122 Å². The van der Waals surface area contributed by atoms with E-state index < -0.39 is 0 Å². The molecule has 0 aliphatic carbocycles. The average Bonchev–Trinajstić information content (AvgIpc) is 2.46. The molecule has 2 aliphatic heterocycles. The van der Waals surface area contributed by atoms with E-state index in [2.05, 4.69) is 17.1 Å². The van der Waals surface area contributed by atoms with E-state index in [1.807, 2.05) is 0 Å². The molecule has 3 N–H and O–H groups in total. The Hall–Kier alpha value is -0.810. The van der Waals surface area contributed by atoms with Gasteiger partial charge in [-0.15, -0.1) is 0 Å². The van der Waals surface area contributed by atoms with Crippen molar-refractivity contribution in [2.24, 2.45) is 5.73 Å². The van der Waals surface area contributed by atoms with Crippen LogP contribution in [0.2, 0.25) is 0 Å². The van der Waals surface area contributed by atoms with Gasteiger partial charge in [0.25, 0.3) is 0 Å². The van der Waals surface area contributed by atoms with Gasteiger partial charge >= 0.3 is 6.03 Å². The van der Waals surface area contributed by atoms with Crippen molar-refractivity contribution in [2.45, 2.75) is 57.5 Å². The molecule has 5 nitrogen and oxygen atoms in total. The first kappa shape index (κ1) is 15.6. The lowest BCUT2D eigenvalue weighted by atomic mass is 10.0. The Balaban J connectivity index is 1.54. The van der Waals surface area contributed by atoms with E-state index in [9.17, 15) is 4.79 Å². The summed E-state index contributed by atoms with van der Waals surface area (Å²) in [7, 11) is 0. The average molecular weight is 282 g/mol. The third kappa shape index (κ3) is 4.63. The maximum absolute atomic E-state index is 11.0. The summed E-state index contributed by atoms with van der Waals surface area (Å²) in [6.45, 7) is 7.54. The number of nitrogens with zero attached hydrogens (tertiary/aromatic N) is 2. The van der Waals surface area contributed by atoms with Crippen molar-refractivity contribution in [3.05, 3.63) is 0 Å². The summed E-state index contributed by atoms with van der Waals surface area (Å²) in [5.74, 6) is 0. The third-order valence-electron chi connectivity index (χ3n) is 4.80. The predicted octanol–water partition coefficient (Wildman–Crippen LogP) is 1.38. The Bertz CT molecular complexity index is 302. The van der Waals surface area contributed by atoms with E-state index in [0.717, 1.165) is 38.5 Å². The van der Waals surface area contributed by atoms with Gasteiger partial charge in [0.15, 0.2) is 0 Å². The summed E-state index contributed by atoms with van der Waals surface area (Å²) in [4.78, 5) is 15.4. The van der Waals surface area contributed by atoms with Gasteiger partial charge in [-0.2, -0.15) is 0 Å². The van der Waals surface area contributed by atoms with Gasteiger partial charge in [-0.05, 0) is 58.7 Å². The molecule has 0 aromatic rings. The first-order valence-electron chi connectivity index (χ1n) is 8.18. The van der Waals surface area contributed by atoms with Gasteiger partial charge in [0, 0.05) is 25.2 Å². The SMILES string of the molecule is CC1CCCCN1CCCNC1CCN(C(N)=O)CC1. The van der Waals surface area contributed by atoms with Crippen LogP contribution in [-0.2, 0) is 0 Å². The second-order valence-corrected chi connectivity index (χ2v) is 6.29. The van der Waals surface area contributed by atoms with Crippen LogP contribution in [0.5, 0.6) is 0 Å². The van der Waals surface area contributed by atoms with Crippen molar-refractivity contribution in [3.8, 4) is 0 Å². The number of urea groups is 1. The molecule has 116 valence electrons. The Morgan fingerprint density at radius 1 is 1.20 bits per heavy atom. The summed E-state index contributed by atoms with van der Waals surface area (Å²) < 4.78 is 0. The highest BCUT2D eigenvalue weighted by atomic mass is 16.2. The van der Waals surface area contributed by atoms with E-state index in [0.29, 0.717) is 6.04 Å². The van der Waals surface area contributed by atoms with Gasteiger partial charge in [-0.3, -0.25) is 0 Å². The van der Waals surface area contributed by atoms with E-state index in [4.69, 9.17) is 5.73 Å². The molecule has 0 spiro atoms. The second kappa shape index (κ2) is 7.84. The lowest BCUT2D eigenvalue weighted by Crippen LogP contribution is -2.47. The number of nitrogens with two attached hydrogens (primary N) is 1. The molecule has 2 heterocycles. The van der Waals surface area contributed by atoms with Crippen LogP contribution in [0.3, 0.4) is 0 Å². The maximum atomic E-state index is 11.0. The van der Waals surface area contributed by atoms with Crippen LogP contribution in [0.25, 0.3) is 0 Å². The number of amides is 2. The maximum Gasteiger partial charge on any atom is 0.314 e. The van der Waals surface area contributed by atoms with Crippen LogP contribution in [0.15, 0.2) is 0 Å². The molecule has 2 aliphatic rings. The summed E-state index contributed by atoms with van der Waals surface area (Å²) in [5.41, 5.74) is 5.29. The van der Waals surface area contributed by atoms with Gasteiger partial charge < -0.3 is 20.9 Å². The normalized spacial score (nSPS) is 25.9. The molecule has 1 unspecified atom stereocenters. The summed E-state index contributed by atoms with van der Waals surface area (Å²) in [5, 5.41) is 3.63. The Morgan fingerprint density at radius 3 is 2.60 bits per heavy atom. The van der Waals surface area contributed by atoms with Crippen LogP contribution in [0.1, 0.15) is 45.4 Å². The van der Waals surface area contributed by atoms with Crippen LogP contribution in [0, 0.1) is 0 Å². The van der Waals surface area contributed by atoms with E-state index in [-0.39, 0.29) is 6.03 Å². The predicted molar refractivity (Wildman–Crippen MR) is 81.7 cm³/mol. The van der Waals surface area contributed by atoms with E-state index >= 15 is 0 Å². The van der Waals surface area contributed by atoms with Gasteiger partial charge in [0.1, 0.15) is 0 Å². The van der Waals surface area contributed by atoms with Gasteiger partial charge in [-0.1, -0.05) is 6.42 Å². The summed E-state index contributed by atoms with van der Waals surface area (Å²) in [6, 6.07) is 1.05. The van der Waals surface area contributed by atoms with E-state index in [1.165, 1.54) is 38.8 Å². The molecule has 2 fully saturated rings. The molecule has 0 aromatic carbocycles. The van der Waals surface area contributed by atoms with Crippen LogP contribution < -0.4 is 11.1 Å². The Morgan fingerprint density at radius 2 is 1.95 bits per heavy atom. The number of carbonyl (C=O) groups is 1. The van der Waals surface area contributed by atoms with Crippen molar-refractivity contribution in [1.82, 2.24) is 15.1 Å². The highest BCUT2D eigenvalue weighted by Gasteiger charge is 2.21. The fourth-order valence-corrected chi connectivity index (χ4v) is 3.38. The first-order chi connectivity index (χ1) is 9.66. The fraction of sp³-hybridized carbons (Fsp3) is 0.933. The molecule has 20 heavy (non-hydrogen) atoms. The van der Waals surface area contributed by atoms with Crippen LogP contribution in [-0.4, -0.2) is 60.6 Å². The number of carbonyl (C=O) groups excluding carboxylic acids is 1. The molecule has 2 amide bonds. The molecular formula is C15H30N4O. The van der Waals surface area contributed by atoms with Crippen molar-refractivity contribution in [1.29, 1.82) is 0 Å². The monoisotopic (exact) mass is 282 g/mol. The molecule has 0 saturated carbocycles. The minimum Gasteiger partial charge on any atom is -0.351 e. The third-order valence-corrected chi connectivity index (χ3v) is 4.80. The molecule has 0 radical (unpaired) electrons. The van der Waals surface area contributed by atoms with Crippen LogP contribution in [0.4, 0.5) is 4.79 Å². The van der Waals surface area contributed by atoms with Gasteiger partial charge in [-0.25, -0.2) is 4.79 Å². The topological polar surface area (TPSA) is 61.6 Å². The first-order valence-corrected chi connectivity index (χ1v) is 8.18. The zero-order valence-electron chi connectivity index (χ0n) is 12.8. The molecule has 2 saturated heterocycles. The minimum absolute atomic E-state index is 0.275. The van der Waals surface area contributed by atoms with Crippen molar-refractivity contribution in [3.63, 3.8) is 0 Å². The quantitative estimate of drug-likeness (QED) is 0.749. The van der Waals surface area contributed by atoms with Crippen molar-refractivity contribution < 1.29 is 4.79 Å². The Kier molecular flexibility index (Phi) is 6.10. The van der Waals surface area contributed by atoms with Crippen molar-refractivity contribution in [2.75, 3.05) is 32.7 Å². The van der Waals surface area contributed by atoms with Crippen LogP contribution >= 0.6 is 0 Å². The van der Waals surface area contributed by atoms with Crippen molar-refractivity contribution >= 4 is 6.03 Å².